The Morgan fingerprint density at radius 3 is 3.18 bits per heavy atom. The summed E-state index contributed by atoms with van der Waals surface area (Å²) >= 11 is 0. The lowest BCUT2D eigenvalue weighted by molar-refractivity contribution is 0.157. The summed E-state index contributed by atoms with van der Waals surface area (Å²) in [6, 6.07) is 0.703. The van der Waals surface area contributed by atoms with Crippen LogP contribution in [0, 0.1) is 0 Å². The molecule has 0 radical (unpaired) electrons. The van der Waals surface area contributed by atoms with Crippen molar-refractivity contribution in [2.45, 2.75) is 32.4 Å². The van der Waals surface area contributed by atoms with E-state index < -0.39 is 0 Å². The number of nitrogens with zero attached hydrogens (tertiary/aromatic N) is 2. The molecule has 0 amide bonds. The van der Waals surface area contributed by atoms with Crippen molar-refractivity contribution in [2.24, 2.45) is 0 Å². The summed E-state index contributed by atoms with van der Waals surface area (Å²) in [5.74, 6) is 0. The number of imidazole rings is 1. The summed E-state index contributed by atoms with van der Waals surface area (Å²) in [5.41, 5.74) is 2.34. The van der Waals surface area contributed by atoms with Crippen LogP contribution in [0.1, 0.15) is 31.5 Å². The molecule has 1 saturated carbocycles. The minimum atomic E-state index is 0.654. The van der Waals surface area contributed by atoms with Crippen LogP contribution in [0.15, 0.2) is 24.7 Å². The predicted octanol–water partition coefficient (Wildman–Crippen LogP) is 1.90. The van der Waals surface area contributed by atoms with Gasteiger partial charge in [0, 0.05) is 25.3 Å². The van der Waals surface area contributed by atoms with E-state index in [9.17, 15) is 0 Å². The van der Waals surface area contributed by atoms with Crippen molar-refractivity contribution in [3.8, 4) is 0 Å². The highest BCUT2D eigenvalue weighted by atomic mass is 16.5. The van der Waals surface area contributed by atoms with Crippen LogP contribution in [0.3, 0.4) is 0 Å². The maximum absolute atomic E-state index is 5.42. The lowest BCUT2D eigenvalue weighted by atomic mass is 10.4. The molecule has 0 bridgehead atoms. The maximum Gasteiger partial charge on any atom is 0.0951 e. The second kappa shape index (κ2) is 5.98. The highest BCUT2D eigenvalue weighted by Gasteiger charge is 2.24. The summed E-state index contributed by atoms with van der Waals surface area (Å²) < 4.78 is 7.70. The van der Waals surface area contributed by atoms with Gasteiger partial charge in [-0.05, 0) is 19.8 Å². The molecule has 94 valence electrons. The molecule has 0 atom stereocenters. The van der Waals surface area contributed by atoms with E-state index >= 15 is 0 Å². The number of aromatic nitrogens is 2. The Balaban J connectivity index is 1.61. The van der Waals surface area contributed by atoms with Gasteiger partial charge in [0.1, 0.15) is 0 Å². The molecule has 17 heavy (non-hydrogen) atoms. The summed E-state index contributed by atoms with van der Waals surface area (Å²) in [4.78, 5) is 4.20. The summed E-state index contributed by atoms with van der Waals surface area (Å²) in [7, 11) is 0. The minimum Gasteiger partial charge on any atom is -0.376 e. The van der Waals surface area contributed by atoms with Crippen molar-refractivity contribution in [1.29, 1.82) is 0 Å². The molecule has 0 spiro atoms. The third kappa shape index (κ3) is 3.98. The summed E-state index contributed by atoms with van der Waals surface area (Å²) in [6.07, 6.45) is 6.47. The first kappa shape index (κ1) is 12.3. The lowest BCUT2D eigenvalue weighted by Crippen LogP contribution is -2.21. The monoisotopic (exact) mass is 235 g/mol. The molecule has 1 aromatic rings. The van der Waals surface area contributed by atoms with E-state index in [1.54, 1.807) is 0 Å². The molecule has 0 aromatic carbocycles. The average Bonchev–Trinajstić information content (AvgIpc) is 3.03. The standard InChI is InChI=1S/C13H21N3O/c1-11(2)9-17-6-5-14-7-13-8-15-10-16(13)12-3-4-12/h8,10,12,14H,1,3-7,9H2,2H3. The highest BCUT2D eigenvalue weighted by Crippen LogP contribution is 2.35. The molecular weight excluding hydrogens is 214 g/mol. The zero-order valence-corrected chi connectivity index (χ0v) is 10.5. The van der Waals surface area contributed by atoms with Crippen LogP contribution in [0.2, 0.25) is 0 Å². The third-order valence-electron chi connectivity index (χ3n) is 2.76. The van der Waals surface area contributed by atoms with Gasteiger partial charge in [-0.1, -0.05) is 12.2 Å². The van der Waals surface area contributed by atoms with E-state index in [0.29, 0.717) is 12.6 Å². The van der Waals surface area contributed by atoms with E-state index in [1.165, 1.54) is 18.5 Å². The van der Waals surface area contributed by atoms with Gasteiger partial charge in [-0.3, -0.25) is 0 Å². The van der Waals surface area contributed by atoms with E-state index in [-0.39, 0.29) is 0 Å². The fraction of sp³-hybridized carbons (Fsp3) is 0.615. The van der Waals surface area contributed by atoms with Gasteiger partial charge in [0.2, 0.25) is 0 Å². The van der Waals surface area contributed by atoms with E-state index in [2.05, 4.69) is 21.4 Å². The summed E-state index contributed by atoms with van der Waals surface area (Å²) in [6.45, 7) is 8.88. The largest absolute Gasteiger partial charge is 0.376 e. The smallest absolute Gasteiger partial charge is 0.0951 e. The van der Waals surface area contributed by atoms with Gasteiger partial charge in [-0.25, -0.2) is 4.98 Å². The molecule has 0 aliphatic heterocycles. The van der Waals surface area contributed by atoms with Crippen molar-refractivity contribution >= 4 is 0 Å². The normalized spacial score (nSPS) is 15.1. The predicted molar refractivity (Wildman–Crippen MR) is 67.8 cm³/mol. The molecule has 1 fully saturated rings. The number of hydrogen-bond donors (Lipinski definition) is 1. The first-order chi connectivity index (χ1) is 8.27. The van der Waals surface area contributed by atoms with Crippen molar-refractivity contribution in [3.05, 3.63) is 30.4 Å². The topological polar surface area (TPSA) is 39.1 Å². The number of rotatable bonds is 8. The molecule has 4 heteroatoms. The summed E-state index contributed by atoms with van der Waals surface area (Å²) in [5, 5.41) is 3.37. The minimum absolute atomic E-state index is 0.654. The molecule has 0 saturated heterocycles. The van der Waals surface area contributed by atoms with Gasteiger partial charge in [0.25, 0.3) is 0 Å². The second-order valence-electron chi connectivity index (χ2n) is 4.71. The Morgan fingerprint density at radius 2 is 2.47 bits per heavy atom. The second-order valence-corrected chi connectivity index (χ2v) is 4.71. The van der Waals surface area contributed by atoms with Crippen LogP contribution in [-0.4, -0.2) is 29.3 Å². The van der Waals surface area contributed by atoms with E-state index in [0.717, 1.165) is 25.3 Å². The van der Waals surface area contributed by atoms with Crippen molar-refractivity contribution in [2.75, 3.05) is 19.8 Å². The molecule has 0 unspecified atom stereocenters. The number of nitrogens with one attached hydrogen (secondary N) is 1. The van der Waals surface area contributed by atoms with Gasteiger partial charge in [-0.2, -0.15) is 0 Å². The Morgan fingerprint density at radius 1 is 1.65 bits per heavy atom. The van der Waals surface area contributed by atoms with Crippen LogP contribution < -0.4 is 5.32 Å². The Kier molecular flexibility index (Phi) is 4.34. The van der Waals surface area contributed by atoms with E-state index in [4.69, 9.17) is 4.74 Å². The Bertz CT molecular complexity index is 368. The van der Waals surface area contributed by atoms with Gasteiger partial charge in [-0.15, -0.1) is 0 Å². The van der Waals surface area contributed by atoms with Crippen LogP contribution >= 0.6 is 0 Å². The average molecular weight is 235 g/mol. The van der Waals surface area contributed by atoms with Crippen LogP contribution in [-0.2, 0) is 11.3 Å². The van der Waals surface area contributed by atoms with Gasteiger partial charge >= 0.3 is 0 Å². The molecule has 4 nitrogen and oxygen atoms in total. The Hall–Kier alpha value is -1.13. The molecule has 1 heterocycles. The number of ether oxygens (including phenoxy) is 1. The van der Waals surface area contributed by atoms with Crippen LogP contribution in [0.25, 0.3) is 0 Å². The van der Waals surface area contributed by atoms with Crippen LogP contribution in [0.4, 0.5) is 0 Å². The van der Waals surface area contributed by atoms with Crippen molar-refractivity contribution in [3.63, 3.8) is 0 Å². The molecule has 1 aliphatic rings. The third-order valence-corrected chi connectivity index (χ3v) is 2.76. The van der Waals surface area contributed by atoms with Crippen LogP contribution in [0.5, 0.6) is 0 Å². The first-order valence-electron chi connectivity index (χ1n) is 6.21. The van der Waals surface area contributed by atoms with Gasteiger partial charge in [0.15, 0.2) is 0 Å². The Labute approximate surface area is 103 Å². The molecule has 1 N–H and O–H groups in total. The molecule has 2 rings (SSSR count). The van der Waals surface area contributed by atoms with Crippen molar-refractivity contribution in [1.82, 2.24) is 14.9 Å². The molecule has 1 aromatic heterocycles. The van der Waals surface area contributed by atoms with Gasteiger partial charge < -0.3 is 14.6 Å². The lowest BCUT2D eigenvalue weighted by Gasteiger charge is -2.08. The number of hydrogen-bond acceptors (Lipinski definition) is 3. The van der Waals surface area contributed by atoms with Crippen molar-refractivity contribution < 1.29 is 4.74 Å². The fourth-order valence-corrected chi connectivity index (χ4v) is 1.76. The zero-order valence-electron chi connectivity index (χ0n) is 10.5. The fourth-order valence-electron chi connectivity index (χ4n) is 1.76. The first-order valence-corrected chi connectivity index (χ1v) is 6.21. The molecule has 1 aliphatic carbocycles. The highest BCUT2D eigenvalue weighted by molar-refractivity contribution is 5.03. The van der Waals surface area contributed by atoms with E-state index in [1.807, 2.05) is 19.4 Å². The quantitative estimate of drug-likeness (QED) is 0.552. The zero-order chi connectivity index (χ0) is 12.1. The maximum atomic E-state index is 5.42. The molecular formula is C13H21N3O. The SMILES string of the molecule is C=C(C)COCCNCc1cncn1C1CC1. The van der Waals surface area contributed by atoms with Gasteiger partial charge in [0.05, 0.1) is 25.2 Å².